The third kappa shape index (κ3) is 3.45. The molecule has 2 nitrogen and oxygen atoms in total. The summed E-state index contributed by atoms with van der Waals surface area (Å²) in [6.07, 6.45) is 11.4. The van der Waals surface area contributed by atoms with E-state index < -0.39 is 0 Å². The van der Waals surface area contributed by atoms with Gasteiger partial charge in [-0.05, 0) is 32.8 Å². The van der Waals surface area contributed by atoms with Gasteiger partial charge in [-0.2, -0.15) is 0 Å². The first-order valence-corrected chi connectivity index (χ1v) is 6.01. The molecule has 0 saturated heterocycles. The summed E-state index contributed by atoms with van der Waals surface area (Å²) in [4.78, 5) is 14.3. The van der Waals surface area contributed by atoms with Gasteiger partial charge < -0.3 is 4.90 Å². The zero-order chi connectivity index (χ0) is 12.8. The molecule has 0 fully saturated rings. The van der Waals surface area contributed by atoms with Crippen molar-refractivity contribution in [3.05, 3.63) is 47.2 Å². The fourth-order valence-corrected chi connectivity index (χ4v) is 1.86. The molecule has 0 spiro atoms. The third-order valence-electron chi connectivity index (χ3n) is 2.91. The van der Waals surface area contributed by atoms with E-state index >= 15 is 0 Å². The molecule has 0 saturated carbocycles. The lowest BCUT2D eigenvalue weighted by atomic mass is 9.94. The second kappa shape index (κ2) is 6.24. The summed E-state index contributed by atoms with van der Waals surface area (Å²) in [5.41, 5.74) is 2.96. The van der Waals surface area contributed by atoms with Crippen LogP contribution in [0.3, 0.4) is 0 Å². The summed E-state index contributed by atoms with van der Waals surface area (Å²) in [5, 5.41) is 0. The number of Topliss-reactive ketones (excluding diaryl/α,β-unsaturated/α-hetero) is 1. The summed E-state index contributed by atoms with van der Waals surface area (Å²) >= 11 is 0. The van der Waals surface area contributed by atoms with Crippen LogP contribution in [0.5, 0.6) is 0 Å². The lowest BCUT2D eigenvalue weighted by molar-refractivity contribution is -0.112. The normalized spacial score (nSPS) is 16.8. The van der Waals surface area contributed by atoms with Gasteiger partial charge in [0.1, 0.15) is 0 Å². The van der Waals surface area contributed by atoms with E-state index in [9.17, 15) is 4.79 Å². The first kappa shape index (κ1) is 13.5. The fourth-order valence-electron chi connectivity index (χ4n) is 1.86. The molecular weight excluding hydrogens is 210 g/mol. The van der Waals surface area contributed by atoms with Crippen LogP contribution in [0, 0.1) is 0 Å². The summed E-state index contributed by atoms with van der Waals surface area (Å²) < 4.78 is 0. The quantitative estimate of drug-likeness (QED) is 0.547. The predicted octanol–water partition coefficient (Wildman–Crippen LogP) is 3.24. The number of carbonyl (C=O) groups is 1. The average molecular weight is 231 g/mol. The van der Waals surface area contributed by atoms with Gasteiger partial charge in [0.25, 0.3) is 0 Å². The molecular formula is C15H21NO. The summed E-state index contributed by atoms with van der Waals surface area (Å²) in [5.74, 6) is 0.152. The largest absolute Gasteiger partial charge is 0.381 e. The second-order valence-electron chi connectivity index (χ2n) is 4.32. The topological polar surface area (TPSA) is 20.3 Å². The molecule has 0 bridgehead atoms. The number of hydrogen-bond acceptors (Lipinski definition) is 2. The van der Waals surface area contributed by atoms with E-state index in [1.807, 2.05) is 58.3 Å². The standard InChI is InChI=1S/C15H21NO/c1-5-7-12(6-2)15(17)13-8-10-14(11-9-13)16(3)4/h5-8,10H,9,11H2,1-4H3/b7-5?,12-6+. The molecule has 0 aromatic carbocycles. The van der Waals surface area contributed by atoms with Crippen molar-refractivity contribution < 1.29 is 4.79 Å². The molecule has 0 heterocycles. The maximum atomic E-state index is 12.2. The molecule has 0 atom stereocenters. The van der Waals surface area contributed by atoms with Crippen molar-refractivity contribution in [1.82, 2.24) is 4.90 Å². The maximum Gasteiger partial charge on any atom is 0.188 e. The van der Waals surface area contributed by atoms with Gasteiger partial charge >= 0.3 is 0 Å². The molecule has 0 aliphatic heterocycles. The lowest BCUT2D eigenvalue weighted by Gasteiger charge is -2.20. The fraction of sp³-hybridized carbons (Fsp3) is 0.400. The van der Waals surface area contributed by atoms with Crippen molar-refractivity contribution in [2.24, 2.45) is 0 Å². The number of allylic oxidation sites excluding steroid dienone is 8. The van der Waals surface area contributed by atoms with Gasteiger partial charge in [0, 0.05) is 30.9 Å². The molecule has 1 rings (SSSR count). The summed E-state index contributed by atoms with van der Waals surface area (Å²) in [6, 6.07) is 0. The Morgan fingerprint density at radius 2 is 1.94 bits per heavy atom. The van der Waals surface area contributed by atoms with Crippen molar-refractivity contribution in [2.45, 2.75) is 26.7 Å². The summed E-state index contributed by atoms with van der Waals surface area (Å²) in [6.45, 7) is 3.83. The Hall–Kier alpha value is -1.57. The van der Waals surface area contributed by atoms with Gasteiger partial charge in [-0.15, -0.1) is 0 Å². The van der Waals surface area contributed by atoms with E-state index in [0.717, 1.165) is 24.0 Å². The maximum absolute atomic E-state index is 12.2. The van der Waals surface area contributed by atoms with Crippen molar-refractivity contribution >= 4 is 5.78 Å². The predicted molar refractivity (Wildman–Crippen MR) is 72.7 cm³/mol. The zero-order valence-corrected chi connectivity index (χ0v) is 11.2. The van der Waals surface area contributed by atoms with Gasteiger partial charge in [-0.3, -0.25) is 4.79 Å². The Kier molecular flexibility index (Phi) is 4.95. The minimum Gasteiger partial charge on any atom is -0.381 e. The van der Waals surface area contributed by atoms with Crippen molar-refractivity contribution in [3.63, 3.8) is 0 Å². The monoisotopic (exact) mass is 231 g/mol. The highest BCUT2D eigenvalue weighted by molar-refractivity contribution is 6.10. The van der Waals surface area contributed by atoms with E-state index in [1.165, 1.54) is 5.70 Å². The molecule has 92 valence electrons. The highest BCUT2D eigenvalue weighted by Crippen LogP contribution is 2.22. The number of ketones is 1. The van der Waals surface area contributed by atoms with Crippen LogP contribution < -0.4 is 0 Å². The minimum absolute atomic E-state index is 0.152. The van der Waals surface area contributed by atoms with E-state index in [4.69, 9.17) is 0 Å². The van der Waals surface area contributed by atoms with Crippen LogP contribution in [0.4, 0.5) is 0 Å². The van der Waals surface area contributed by atoms with Gasteiger partial charge in [-0.25, -0.2) is 0 Å². The van der Waals surface area contributed by atoms with Crippen molar-refractivity contribution in [1.29, 1.82) is 0 Å². The van der Waals surface area contributed by atoms with Crippen LogP contribution in [0.25, 0.3) is 0 Å². The Balaban J connectivity index is 2.86. The van der Waals surface area contributed by atoms with Gasteiger partial charge in [0.2, 0.25) is 0 Å². The number of carbonyl (C=O) groups excluding carboxylic acids is 1. The second-order valence-corrected chi connectivity index (χ2v) is 4.32. The number of hydrogen-bond donors (Lipinski definition) is 0. The molecule has 0 unspecified atom stereocenters. The van der Waals surface area contributed by atoms with E-state index in [1.54, 1.807) is 0 Å². The molecule has 0 aromatic heterocycles. The first-order valence-electron chi connectivity index (χ1n) is 6.01. The lowest BCUT2D eigenvalue weighted by Crippen LogP contribution is -2.15. The van der Waals surface area contributed by atoms with Crippen LogP contribution in [0.2, 0.25) is 0 Å². The Morgan fingerprint density at radius 1 is 1.24 bits per heavy atom. The van der Waals surface area contributed by atoms with E-state index in [0.29, 0.717) is 0 Å². The van der Waals surface area contributed by atoms with Gasteiger partial charge in [0.05, 0.1) is 0 Å². The van der Waals surface area contributed by atoms with Gasteiger partial charge in [-0.1, -0.05) is 24.3 Å². The van der Waals surface area contributed by atoms with Crippen LogP contribution in [-0.4, -0.2) is 24.8 Å². The smallest absolute Gasteiger partial charge is 0.188 e. The molecule has 0 amide bonds. The van der Waals surface area contributed by atoms with Crippen molar-refractivity contribution in [2.75, 3.05) is 14.1 Å². The first-order chi connectivity index (χ1) is 8.10. The SMILES string of the molecule is CC=C/C(=C\C)C(=O)C1=CC=C(N(C)C)CC1. The van der Waals surface area contributed by atoms with Crippen LogP contribution in [0.1, 0.15) is 26.7 Å². The Labute approximate surface area is 104 Å². The molecule has 0 radical (unpaired) electrons. The summed E-state index contributed by atoms with van der Waals surface area (Å²) in [7, 11) is 4.06. The van der Waals surface area contributed by atoms with Crippen LogP contribution in [0.15, 0.2) is 47.2 Å². The Bertz CT molecular complexity index is 409. The van der Waals surface area contributed by atoms with Crippen LogP contribution in [-0.2, 0) is 4.79 Å². The molecule has 0 N–H and O–H groups in total. The number of rotatable bonds is 4. The molecule has 1 aliphatic rings. The molecule has 2 heteroatoms. The average Bonchev–Trinajstić information content (AvgIpc) is 2.35. The zero-order valence-electron chi connectivity index (χ0n) is 11.2. The molecule has 1 aliphatic carbocycles. The van der Waals surface area contributed by atoms with E-state index in [-0.39, 0.29) is 5.78 Å². The third-order valence-corrected chi connectivity index (χ3v) is 2.91. The minimum atomic E-state index is 0.152. The highest BCUT2D eigenvalue weighted by Gasteiger charge is 2.15. The van der Waals surface area contributed by atoms with Crippen molar-refractivity contribution in [3.8, 4) is 0 Å². The molecule has 17 heavy (non-hydrogen) atoms. The highest BCUT2D eigenvalue weighted by atomic mass is 16.1. The van der Waals surface area contributed by atoms with Crippen LogP contribution >= 0.6 is 0 Å². The van der Waals surface area contributed by atoms with E-state index in [2.05, 4.69) is 4.90 Å². The number of nitrogens with zero attached hydrogens (tertiary/aromatic N) is 1. The molecule has 0 aromatic rings. The Morgan fingerprint density at radius 3 is 2.35 bits per heavy atom. The van der Waals surface area contributed by atoms with Gasteiger partial charge in [0.15, 0.2) is 5.78 Å².